The van der Waals surface area contributed by atoms with Gasteiger partial charge in [-0.25, -0.2) is 18.8 Å². The maximum absolute atomic E-state index is 13.9. The van der Waals surface area contributed by atoms with Crippen LogP contribution in [0, 0.1) is 11.6 Å². The van der Waals surface area contributed by atoms with Crippen molar-refractivity contribution in [3.63, 3.8) is 0 Å². The molecule has 2 aromatic heterocycles. The molecule has 4 aromatic rings. The lowest BCUT2D eigenvalue weighted by Gasteiger charge is -2.24. The molecular formula is C28H24F5N5O3. The molecule has 1 saturated heterocycles. The smallest absolute Gasteiger partial charge is 0.418 e. The van der Waals surface area contributed by atoms with Gasteiger partial charge in [0.25, 0.3) is 5.91 Å². The number of hydroxylamine groups is 2. The molecule has 0 unspecified atom stereocenters. The fraction of sp³-hybridized carbons (Fsp3) is 0.286. The first-order valence-electron chi connectivity index (χ1n) is 13.0. The summed E-state index contributed by atoms with van der Waals surface area (Å²) in [5.41, 5.74) is 1.15. The second-order valence-corrected chi connectivity index (χ2v) is 9.67. The molecule has 1 fully saturated rings. The minimum Gasteiger partial charge on any atom is -0.491 e. The molecule has 2 aromatic carbocycles. The van der Waals surface area contributed by atoms with E-state index >= 15 is 0 Å². The van der Waals surface area contributed by atoms with Crippen molar-refractivity contribution in [1.29, 1.82) is 0 Å². The summed E-state index contributed by atoms with van der Waals surface area (Å²) < 4.78 is 74.3. The van der Waals surface area contributed by atoms with Crippen LogP contribution in [0.4, 0.5) is 39.1 Å². The number of anilines is 3. The van der Waals surface area contributed by atoms with E-state index in [1.54, 1.807) is 19.1 Å². The van der Waals surface area contributed by atoms with Gasteiger partial charge in [0.1, 0.15) is 28.8 Å². The quantitative estimate of drug-likeness (QED) is 0.229. The van der Waals surface area contributed by atoms with Crippen molar-refractivity contribution in [3.8, 4) is 5.75 Å². The number of benzene rings is 2. The Morgan fingerprint density at radius 1 is 1.12 bits per heavy atom. The van der Waals surface area contributed by atoms with Crippen molar-refractivity contribution < 1.29 is 36.3 Å². The fourth-order valence-corrected chi connectivity index (χ4v) is 5.34. The summed E-state index contributed by atoms with van der Waals surface area (Å²) in [4.78, 5) is 26.1. The van der Waals surface area contributed by atoms with Gasteiger partial charge in [-0.3, -0.25) is 9.63 Å². The number of amides is 1. The van der Waals surface area contributed by atoms with E-state index in [0.717, 1.165) is 17.3 Å². The Morgan fingerprint density at radius 3 is 2.63 bits per heavy atom. The molecule has 8 nitrogen and oxygen atoms in total. The number of alkyl halides is 3. The molecule has 214 valence electrons. The first-order chi connectivity index (χ1) is 19.6. The minimum atomic E-state index is -4.56. The maximum Gasteiger partial charge on any atom is 0.418 e. The average molecular weight is 574 g/mol. The van der Waals surface area contributed by atoms with Crippen molar-refractivity contribution in [1.82, 2.24) is 15.0 Å². The average Bonchev–Trinajstić information content (AvgIpc) is 3.67. The number of H-pyrrole nitrogens is 1. The SMILES string of the molecule is CCNc1cc(Nc2ccc(C(=O)N3OCC[C@H]3c3cc(F)cc(F)c3)c3c2OCC3)nc2[nH]cc(C(F)(F)F)c12. The first kappa shape index (κ1) is 26.8. The Kier molecular flexibility index (Phi) is 6.68. The highest BCUT2D eigenvalue weighted by molar-refractivity contribution is 5.98. The molecule has 1 atom stereocenters. The summed E-state index contributed by atoms with van der Waals surface area (Å²) in [7, 11) is 0. The molecule has 6 rings (SSSR count). The van der Waals surface area contributed by atoms with Crippen LogP contribution < -0.4 is 15.4 Å². The molecule has 0 aliphatic carbocycles. The number of aromatic amines is 1. The zero-order valence-electron chi connectivity index (χ0n) is 21.7. The zero-order chi connectivity index (χ0) is 28.9. The largest absolute Gasteiger partial charge is 0.491 e. The molecule has 0 bridgehead atoms. The number of nitrogens with zero attached hydrogens (tertiary/aromatic N) is 2. The molecule has 41 heavy (non-hydrogen) atoms. The fourth-order valence-electron chi connectivity index (χ4n) is 5.34. The lowest BCUT2D eigenvalue weighted by atomic mass is 10.0. The van der Waals surface area contributed by atoms with Gasteiger partial charge in [0.05, 0.1) is 35.9 Å². The van der Waals surface area contributed by atoms with E-state index in [9.17, 15) is 26.7 Å². The van der Waals surface area contributed by atoms with Crippen LogP contribution in [0.3, 0.4) is 0 Å². The Bertz CT molecular complexity index is 1630. The minimum absolute atomic E-state index is 0.0497. The third-order valence-electron chi connectivity index (χ3n) is 7.04. The van der Waals surface area contributed by atoms with Crippen molar-refractivity contribution >= 4 is 34.1 Å². The van der Waals surface area contributed by atoms with Gasteiger partial charge >= 0.3 is 6.18 Å². The van der Waals surface area contributed by atoms with Crippen LogP contribution in [0.1, 0.15) is 46.4 Å². The van der Waals surface area contributed by atoms with Gasteiger partial charge in [-0.15, -0.1) is 0 Å². The van der Waals surface area contributed by atoms with Crippen molar-refractivity contribution in [2.24, 2.45) is 0 Å². The van der Waals surface area contributed by atoms with Crippen molar-refractivity contribution in [2.45, 2.75) is 32.0 Å². The van der Waals surface area contributed by atoms with E-state index in [1.165, 1.54) is 18.2 Å². The van der Waals surface area contributed by atoms with Crippen LogP contribution in [0.15, 0.2) is 42.6 Å². The predicted octanol–water partition coefficient (Wildman–Crippen LogP) is 6.49. The molecule has 13 heteroatoms. The van der Waals surface area contributed by atoms with E-state index in [1.807, 2.05) is 0 Å². The van der Waals surface area contributed by atoms with E-state index < -0.39 is 35.3 Å². The zero-order valence-corrected chi connectivity index (χ0v) is 21.7. The highest BCUT2D eigenvalue weighted by atomic mass is 19.4. The van der Waals surface area contributed by atoms with E-state index in [4.69, 9.17) is 9.57 Å². The summed E-state index contributed by atoms with van der Waals surface area (Å²) >= 11 is 0. The summed E-state index contributed by atoms with van der Waals surface area (Å²) in [6.07, 6.45) is -2.89. The third-order valence-corrected chi connectivity index (χ3v) is 7.04. The van der Waals surface area contributed by atoms with Crippen LogP contribution in [-0.4, -0.2) is 40.7 Å². The molecule has 3 N–H and O–H groups in total. The second-order valence-electron chi connectivity index (χ2n) is 9.67. The lowest BCUT2D eigenvalue weighted by molar-refractivity contribution is -0.136. The van der Waals surface area contributed by atoms with E-state index in [2.05, 4.69) is 20.6 Å². The van der Waals surface area contributed by atoms with Gasteiger partial charge < -0.3 is 20.4 Å². The molecule has 2 aliphatic heterocycles. The number of aromatic nitrogens is 2. The first-order valence-corrected chi connectivity index (χ1v) is 13.0. The van der Waals surface area contributed by atoms with Crippen LogP contribution in [0.2, 0.25) is 0 Å². The number of halogens is 5. The number of nitrogens with one attached hydrogen (secondary N) is 3. The third kappa shape index (κ3) is 4.90. The number of rotatable bonds is 6. The normalized spacial score (nSPS) is 16.6. The molecule has 0 spiro atoms. The highest BCUT2D eigenvalue weighted by Crippen LogP contribution is 2.42. The van der Waals surface area contributed by atoms with Crippen LogP contribution in [0.5, 0.6) is 5.75 Å². The van der Waals surface area contributed by atoms with Crippen molar-refractivity contribution in [3.05, 3.63) is 76.5 Å². The number of hydrogen-bond acceptors (Lipinski definition) is 6. The standard InChI is InChI=1S/C28H24F5N5O3/c1-2-34-21-12-23(37-26-24(21)19(13-35-26)28(31,32)33)36-20-4-3-18(17-5-7-40-25(17)20)27(39)38-22(6-8-41-38)14-9-15(29)11-16(30)10-14/h3-4,9-13,22H,2,5-8H2,1H3,(H3,34,35,36,37)/t22-/m0/s1. The molecule has 2 aliphatic rings. The van der Waals surface area contributed by atoms with Gasteiger partial charge in [0.15, 0.2) is 0 Å². The van der Waals surface area contributed by atoms with Crippen LogP contribution in [-0.2, 0) is 17.4 Å². The molecule has 0 radical (unpaired) electrons. The monoisotopic (exact) mass is 573 g/mol. The summed E-state index contributed by atoms with van der Waals surface area (Å²) in [5.74, 6) is -1.32. The molecular weight excluding hydrogens is 549 g/mol. The summed E-state index contributed by atoms with van der Waals surface area (Å²) in [5, 5.41) is 7.15. The molecule has 4 heterocycles. The van der Waals surface area contributed by atoms with Gasteiger partial charge in [0, 0.05) is 54.5 Å². The number of carbonyl (C=O) groups is 1. The number of ether oxygens (including phenoxy) is 1. The molecule has 0 saturated carbocycles. The van der Waals surface area contributed by atoms with E-state index in [0.29, 0.717) is 48.6 Å². The Morgan fingerprint density at radius 2 is 1.90 bits per heavy atom. The second kappa shape index (κ2) is 10.2. The predicted molar refractivity (Wildman–Crippen MR) is 140 cm³/mol. The number of fused-ring (bicyclic) bond motifs is 2. The van der Waals surface area contributed by atoms with Gasteiger partial charge in [0.2, 0.25) is 0 Å². The maximum atomic E-state index is 13.9. The van der Waals surface area contributed by atoms with Gasteiger partial charge in [-0.1, -0.05) is 0 Å². The van der Waals surface area contributed by atoms with Gasteiger partial charge in [-0.05, 0) is 36.8 Å². The van der Waals surface area contributed by atoms with Crippen molar-refractivity contribution in [2.75, 3.05) is 30.4 Å². The number of carbonyl (C=O) groups excluding carboxylic acids is 1. The van der Waals surface area contributed by atoms with Crippen LogP contribution >= 0.6 is 0 Å². The topological polar surface area (TPSA) is 91.5 Å². The van der Waals surface area contributed by atoms with Gasteiger partial charge in [-0.2, -0.15) is 13.2 Å². The highest BCUT2D eigenvalue weighted by Gasteiger charge is 2.37. The number of hydrogen-bond donors (Lipinski definition) is 3. The Labute approximate surface area is 230 Å². The Hall–Kier alpha value is -4.39. The van der Waals surface area contributed by atoms with Crippen LogP contribution in [0.25, 0.3) is 11.0 Å². The lowest BCUT2D eigenvalue weighted by Crippen LogP contribution is -2.30. The summed E-state index contributed by atoms with van der Waals surface area (Å²) in [6.45, 7) is 2.66. The number of pyridine rings is 1. The molecule has 1 amide bonds. The Balaban J connectivity index is 1.32. The van der Waals surface area contributed by atoms with E-state index in [-0.39, 0.29) is 34.7 Å². The summed E-state index contributed by atoms with van der Waals surface area (Å²) in [6, 6.07) is 7.12.